The molecule has 1 aliphatic carbocycles. The van der Waals surface area contributed by atoms with Crippen LogP contribution in [0.3, 0.4) is 0 Å². The van der Waals surface area contributed by atoms with E-state index in [1.807, 2.05) is 42.5 Å². The Morgan fingerprint density at radius 1 is 1.06 bits per heavy atom. The second kappa shape index (κ2) is 12.4. The number of hydrogen-bond acceptors (Lipinski definition) is 4. The first-order chi connectivity index (χ1) is 16.9. The third-order valence-corrected chi connectivity index (χ3v) is 9.12. The Morgan fingerprint density at radius 3 is 2.60 bits per heavy atom. The summed E-state index contributed by atoms with van der Waals surface area (Å²) in [6.45, 7) is 0.901. The lowest BCUT2D eigenvalue weighted by Crippen LogP contribution is -2.21. The topological polar surface area (TPSA) is 66.8 Å². The molecule has 0 amide bonds. The second-order valence-electron chi connectivity index (χ2n) is 9.19. The van der Waals surface area contributed by atoms with Gasteiger partial charge in [0.2, 0.25) is 0 Å². The molecule has 2 aromatic carbocycles. The Kier molecular flexibility index (Phi) is 9.26. The highest BCUT2D eigenvalue weighted by Crippen LogP contribution is 2.42. The molecule has 0 aliphatic heterocycles. The Morgan fingerprint density at radius 2 is 1.83 bits per heavy atom. The Labute approximate surface area is 220 Å². The van der Waals surface area contributed by atoms with E-state index in [9.17, 15) is 9.90 Å². The minimum atomic E-state index is -0.943. The summed E-state index contributed by atoms with van der Waals surface area (Å²) in [5.41, 5.74) is 2.22. The number of carboxylic acid groups (broad SMARTS) is 1. The first-order valence-electron chi connectivity index (χ1n) is 11.9. The van der Waals surface area contributed by atoms with Gasteiger partial charge in [-0.2, -0.15) is 0 Å². The molecule has 2 N–H and O–H groups in total. The molecule has 0 bridgehead atoms. The molecule has 0 saturated heterocycles. The van der Waals surface area contributed by atoms with Gasteiger partial charge >= 0.3 is 5.97 Å². The van der Waals surface area contributed by atoms with Gasteiger partial charge in [-0.05, 0) is 66.5 Å². The van der Waals surface area contributed by atoms with E-state index in [1.165, 1.54) is 4.88 Å². The second-order valence-corrected chi connectivity index (χ2v) is 11.5. The molecular formula is C28H30Cl2O4S. The van der Waals surface area contributed by atoms with E-state index in [4.69, 9.17) is 33.0 Å². The Balaban J connectivity index is 1.29. The number of benzene rings is 2. The number of hydrogen-bond donors (Lipinski definition) is 2. The van der Waals surface area contributed by atoms with Gasteiger partial charge in [-0.1, -0.05) is 42.5 Å². The lowest BCUT2D eigenvalue weighted by atomic mass is 9.91. The van der Waals surface area contributed by atoms with E-state index in [0.717, 1.165) is 35.3 Å². The van der Waals surface area contributed by atoms with E-state index in [1.54, 1.807) is 29.5 Å². The van der Waals surface area contributed by atoms with Crippen molar-refractivity contribution in [2.45, 2.75) is 49.1 Å². The van der Waals surface area contributed by atoms with Crippen LogP contribution in [0.1, 0.15) is 50.2 Å². The minimum absolute atomic E-state index is 0.0859. The zero-order valence-corrected chi connectivity index (χ0v) is 21.7. The van der Waals surface area contributed by atoms with Gasteiger partial charge in [0.25, 0.3) is 0 Å². The standard InChI is InChI=1S/C28H30Cl2O4S/c29-24-15-21(17-34-16-19-7-4-8-20(13-19)28(32)33)23(27(24)30)11-9-22-10-12-26(35-22)25(31)14-18-5-2-1-3-6-18/h1-8,10,12-13,21,23-25,27,31H,9,11,14-17H2,(H,32,33)/t21-,23?,24?,25?,27?/m1/s1. The molecule has 4 rings (SSSR count). The average molecular weight is 534 g/mol. The molecule has 186 valence electrons. The van der Waals surface area contributed by atoms with E-state index < -0.39 is 12.1 Å². The van der Waals surface area contributed by atoms with Gasteiger partial charge in [0.1, 0.15) is 0 Å². The molecule has 4 unspecified atom stereocenters. The number of ether oxygens (including phenoxy) is 1. The normalized spacial score (nSPS) is 22.8. The lowest BCUT2D eigenvalue weighted by molar-refractivity contribution is 0.0691. The number of carboxylic acids is 1. The van der Waals surface area contributed by atoms with Crippen molar-refractivity contribution in [3.05, 3.63) is 93.2 Å². The van der Waals surface area contributed by atoms with Gasteiger partial charge in [0.15, 0.2) is 0 Å². The van der Waals surface area contributed by atoms with Gasteiger partial charge in [-0.3, -0.25) is 0 Å². The van der Waals surface area contributed by atoms with Crippen molar-refractivity contribution in [3.63, 3.8) is 0 Å². The molecule has 1 aliphatic rings. The zero-order chi connectivity index (χ0) is 24.8. The van der Waals surface area contributed by atoms with E-state index in [2.05, 4.69) is 6.07 Å². The fraction of sp³-hybridized carbons (Fsp3) is 0.393. The van der Waals surface area contributed by atoms with Crippen LogP contribution in [-0.2, 0) is 24.2 Å². The Hall–Kier alpha value is -1.89. The maximum atomic E-state index is 11.2. The van der Waals surface area contributed by atoms with Crippen LogP contribution in [0.25, 0.3) is 0 Å². The van der Waals surface area contributed by atoms with Crippen molar-refractivity contribution in [1.29, 1.82) is 0 Å². The van der Waals surface area contributed by atoms with Crippen molar-refractivity contribution >= 4 is 40.5 Å². The molecule has 7 heteroatoms. The van der Waals surface area contributed by atoms with E-state index in [-0.39, 0.29) is 28.2 Å². The number of alkyl halides is 2. The number of carbonyl (C=O) groups is 1. The molecule has 3 aromatic rings. The molecule has 5 atom stereocenters. The Bertz CT molecular complexity index is 1100. The predicted octanol–water partition coefficient (Wildman–Crippen LogP) is 6.72. The zero-order valence-electron chi connectivity index (χ0n) is 19.4. The summed E-state index contributed by atoms with van der Waals surface area (Å²) in [5.74, 6) is -0.447. The van der Waals surface area contributed by atoms with Crippen LogP contribution in [0.4, 0.5) is 0 Å². The van der Waals surface area contributed by atoms with Gasteiger partial charge < -0.3 is 14.9 Å². The number of aliphatic hydroxyl groups is 1. The number of aryl methyl sites for hydroxylation is 1. The molecule has 0 spiro atoms. The maximum absolute atomic E-state index is 11.2. The SMILES string of the molecule is O=C(O)c1cccc(COC[C@H]2CC(Cl)C(Cl)C2CCc2ccc(C(O)Cc3ccccc3)s2)c1. The minimum Gasteiger partial charge on any atom is -0.478 e. The molecule has 1 heterocycles. The van der Waals surface area contributed by atoms with Crippen LogP contribution in [0.2, 0.25) is 0 Å². The smallest absolute Gasteiger partial charge is 0.335 e. The largest absolute Gasteiger partial charge is 0.478 e. The predicted molar refractivity (Wildman–Crippen MR) is 142 cm³/mol. The fourth-order valence-electron chi connectivity index (χ4n) is 4.79. The van der Waals surface area contributed by atoms with Crippen LogP contribution in [-0.4, -0.2) is 33.5 Å². The average Bonchev–Trinajstić information content (AvgIpc) is 3.43. The molecule has 1 saturated carbocycles. The highest BCUT2D eigenvalue weighted by molar-refractivity contribution is 7.12. The monoisotopic (exact) mass is 532 g/mol. The van der Waals surface area contributed by atoms with Gasteiger partial charge in [-0.25, -0.2) is 4.79 Å². The van der Waals surface area contributed by atoms with Gasteiger partial charge in [0.05, 0.1) is 35.6 Å². The first kappa shape index (κ1) is 26.2. The number of rotatable bonds is 11. The molecule has 1 aromatic heterocycles. The molecule has 0 radical (unpaired) electrons. The molecule has 1 fully saturated rings. The van der Waals surface area contributed by atoms with Crippen LogP contribution < -0.4 is 0 Å². The summed E-state index contributed by atoms with van der Waals surface area (Å²) in [4.78, 5) is 13.4. The lowest BCUT2D eigenvalue weighted by Gasteiger charge is -2.21. The molecule has 35 heavy (non-hydrogen) atoms. The highest BCUT2D eigenvalue weighted by Gasteiger charge is 2.41. The third kappa shape index (κ3) is 7.08. The fourth-order valence-corrected chi connectivity index (χ4v) is 6.65. The van der Waals surface area contributed by atoms with Crippen LogP contribution in [0.5, 0.6) is 0 Å². The van der Waals surface area contributed by atoms with Crippen molar-refractivity contribution in [2.24, 2.45) is 11.8 Å². The van der Waals surface area contributed by atoms with E-state index in [0.29, 0.717) is 19.6 Å². The van der Waals surface area contributed by atoms with Crippen LogP contribution in [0.15, 0.2) is 66.7 Å². The summed E-state index contributed by atoms with van der Waals surface area (Å²) in [7, 11) is 0. The maximum Gasteiger partial charge on any atom is 0.335 e. The quantitative estimate of drug-likeness (QED) is 0.269. The summed E-state index contributed by atoms with van der Waals surface area (Å²) < 4.78 is 5.97. The summed E-state index contributed by atoms with van der Waals surface area (Å²) in [6.07, 6.45) is 2.71. The van der Waals surface area contributed by atoms with Crippen LogP contribution >= 0.6 is 34.5 Å². The van der Waals surface area contributed by atoms with E-state index >= 15 is 0 Å². The van der Waals surface area contributed by atoms with Crippen LogP contribution in [0, 0.1) is 11.8 Å². The van der Waals surface area contributed by atoms with Gasteiger partial charge in [0, 0.05) is 16.2 Å². The van der Waals surface area contributed by atoms with Crippen molar-refractivity contribution in [3.8, 4) is 0 Å². The number of aliphatic hydroxyl groups excluding tert-OH is 1. The van der Waals surface area contributed by atoms with Gasteiger partial charge in [-0.15, -0.1) is 34.5 Å². The summed E-state index contributed by atoms with van der Waals surface area (Å²) in [6, 6.07) is 21.0. The number of halogens is 2. The van der Waals surface area contributed by atoms with Crippen molar-refractivity contribution < 1.29 is 19.7 Å². The summed E-state index contributed by atoms with van der Waals surface area (Å²) >= 11 is 14.9. The number of thiophene rings is 1. The number of aromatic carboxylic acids is 1. The molecular weight excluding hydrogens is 503 g/mol. The summed E-state index contributed by atoms with van der Waals surface area (Å²) in [5, 5.41) is 19.6. The highest BCUT2D eigenvalue weighted by atomic mass is 35.5. The third-order valence-electron chi connectivity index (χ3n) is 6.67. The van der Waals surface area contributed by atoms with Crippen molar-refractivity contribution in [2.75, 3.05) is 6.61 Å². The molecule has 4 nitrogen and oxygen atoms in total. The van der Waals surface area contributed by atoms with Crippen molar-refractivity contribution in [1.82, 2.24) is 0 Å². The first-order valence-corrected chi connectivity index (χ1v) is 13.6.